The number of fused-ring (bicyclic) bond motifs is 5. The molecule has 0 aromatic heterocycles. The zero-order valence-corrected chi connectivity index (χ0v) is 17.0. The third kappa shape index (κ3) is 2.44. The van der Waals surface area contributed by atoms with E-state index in [0.29, 0.717) is 6.42 Å². The number of aliphatic hydroxyl groups excluding tert-OH is 1. The highest BCUT2D eigenvalue weighted by Crippen LogP contribution is 2.67. The minimum absolute atomic E-state index is 0.00641. The Morgan fingerprint density at radius 3 is 2.50 bits per heavy atom. The summed E-state index contributed by atoms with van der Waals surface area (Å²) in [4.78, 5) is 36.0. The van der Waals surface area contributed by atoms with E-state index < -0.39 is 29.2 Å². The number of aliphatic carboxylic acids is 1. The maximum absolute atomic E-state index is 12.5. The predicted octanol–water partition coefficient (Wildman–Crippen LogP) is 3.03. The second-order valence-corrected chi connectivity index (χ2v) is 10.2. The van der Waals surface area contributed by atoms with Gasteiger partial charge in [-0.2, -0.15) is 0 Å². The Bertz CT molecular complexity index is 810. The molecule has 152 valence electrons. The molecule has 0 bridgehead atoms. The lowest BCUT2D eigenvalue weighted by molar-refractivity contribution is -0.158. The summed E-state index contributed by atoms with van der Waals surface area (Å²) in [5.41, 5.74) is 0.240. The molecule has 0 aromatic carbocycles. The quantitative estimate of drug-likeness (QED) is 0.712. The van der Waals surface area contributed by atoms with Crippen LogP contribution < -0.4 is 0 Å². The van der Waals surface area contributed by atoms with Crippen molar-refractivity contribution in [2.45, 2.75) is 53.1 Å². The first-order valence-electron chi connectivity index (χ1n) is 10.4. The second kappa shape index (κ2) is 6.12. The third-order valence-corrected chi connectivity index (χ3v) is 8.65. The molecular formula is C23H30O5. The fourth-order valence-corrected chi connectivity index (χ4v) is 7.81. The van der Waals surface area contributed by atoms with E-state index in [-0.39, 0.29) is 40.8 Å². The monoisotopic (exact) mass is 386 g/mol. The first kappa shape index (κ1) is 19.6. The van der Waals surface area contributed by atoms with Crippen LogP contribution in [0.1, 0.15) is 47.0 Å². The maximum Gasteiger partial charge on any atom is 0.372 e. The number of hydrogen-bond acceptors (Lipinski definition) is 4. The van der Waals surface area contributed by atoms with Crippen molar-refractivity contribution in [2.24, 2.45) is 46.3 Å². The van der Waals surface area contributed by atoms with Gasteiger partial charge in [-0.15, -0.1) is 0 Å². The number of carboxylic acid groups (broad SMARTS) is 1. The van der Waals surface area contributed by atoms with Crippen LogP contribution in [0.25, 0.3) is 0 Å². The van der Waals surface area contributed by atoms with Crippen LogP contribution >= 0.6 is 0 Å². The number of hydrogen-bond donors (Lipinski definition) is 2. The van der Waals surface area contributed by atoms with Gasteiger partial charge in [0.05, 0.1) is 6.10 Å². The van der Waals surface area contributed by atoms with Crippen molar-refractivity contribution in [1.82, 2.24) is 0 Å². The van der Waals surface area contributed by atoms with E-state index >= 15 is 0 Å². The van der Waals surface area contributed by atoms with Gasteiger partial charge in [-0.25, -0.2) is 4.79 Å². The van der Waals surface area contributed by atoms with Crippen LogP contribution in [0.4, 0.5) is 0 Å². The van der Waals surface area contributed by atoms with E-state index in [1.807, 2.05) is 19.9 Å². The minimum atomic E-state index is -1.36. The average molecular weight is 386 g/mol. The summed E-state index contributed by atoms with van der Waals surface area (Å²) >= 11 is 0. The van der Waals surface area contributed by atoms with Gasteiger partial charge >= 0.3 is 5.97 Å². The average Bonchev–Trinajstić information content (AvgIpc) is 2.85. The largest absolute Gasteiger partial charge is 0.475 e. The molecule has 0 radical (unpaired) electrons. The molecule has 0 spiro atoms. The van der Waals surface area contributed by atoms with Crippen molar-refractivity contribution in [1.29, 1.82) is 0 Å². The molecule has 3 fully saturated rings. The third-order valence-electron chi connectivity index (χ3n) is 8.65. The first-order valence-corrected chi connectivity index (χ1v) is 10.4. The van der Waals surface area contributed by atoms with Gasteiger partial charge in [-0.05, 0) is 60.5 Å². The van der Waals surface area contributed by atoms with E-state index in [1.54, 1.807) is 12.2 Å². The Morgan fingerprint density at radius 1 is 1.18 bits per heavy atom. The SMILES string of the molecule is CC1C[C@H]2[C@@H]3CC(C)[C@H](C(=O)C(=O)O)[C@@]3(C)CC(O)[C@@H]2[C@@]2(C)C=CC(=O)C=C12. The molecule has 0 aromatic rings. The Kier molecular flexibility index (Phi) is 4.28. The Morgan fingerprint density at radius 2 is 1.86 bits per heavy atom. The van der Waals surface area contributed by atoms with Crippen LogP contribution in [0, 0.1) is 46.3 Å². The number of Topliss-reactive ketones (excluding diaryl/α,β-unsaturated/α-hetero) is 1. The lowest BCUT2D eigenvalue weighted by Crippen LogP contribution is -2.58. The van der Waals surface area contributed by atoms with Crippen molar-refractivity contribution in [2.75, 3.05) is 0 Å². The molecule has 3 unspecified atom stereocenters. The topological polar surface area (TPSA) is 91.7 Å². The van der Waals surface area contributed by atoms with Gasteiger partial charge in [-0.3, -0.25) is 9.59 Å². The standard InChI is InChI=1S/C23H30O5/c1-11-7-14-16-8-12(2)18(20(26)21(27)28)23(16,4)10-17(25)19(14)22(3)6-5-13(24)9-15(11)22/h5-6,9,11-12,14,16-19,25H,7-8,10H2,1-4H3,(H,27,28)/t11?,12?,14-,16-,17?,18+,19+,22-,23-/m0/s1. The number of carbonyl (C=O) groups is 3. The summed E-state index contributed by atoms with van der Waals surface area (Å²) in [6, 6.07) is 0. The molecule has 0 amide bonds. The summed E-state index contributed by atoms with van der Waals surface area (Å²) in [5, 5.41) is 20.7. The van der Waals surface area contributed by atoms with Gasteiger partial charge in [0.2, 0.25) is 5.78 Å². The molecule has 28 heavy (non-hydrogen) atoms. The van der Waals surface area contributed by atoms with Crippen molar-refractivity contribution < 1.29 is 24.6 Å². The van der Waals surface area contributed by atoms with Gasteiger partial charge in [0, 0.05) is 17.3 Å². The van der Waals surface area contributed by atoms with Crippen LogP contribution in [-0.4, -0.2) is 33.9 Å². The van der Waals surface area contributed by atoms with Crippen LogP contribution in [0.15, 0.2) is 23.8 Å². The van der Waals surface area contributed by atoms with Crippen molar-refractivity contribution >= 4 is 17.5 Å². The fourth-order valence-electron chi connectivity index (χ4n) is 7.81. The summed E-state index contributed by atoms with van der Waals surface area (Å²) in [5.74, 6) is -1.99. The van der Waals surface area contributed by atoms with E-state index in [9.17, 15) is 24.6 Å². The van der Waals surface area contributed by atoms with Gasteiger partial charge < -0.3 is 10.2 Å². The van der Waals surface area contributed by atoms with Crippen molar-refractivity contribution in [3.05, 3.63) is 23.8 Å². The Hall–Kier alpha value is -1.75. The van der Waals surface area contributed by atoms with E-state index in [4.69, 9.17) is 0 Å². The lowest BCUT2D eigenvalue weighted by atomic mass is 9.45. The maximum atomic E-state index is 12.5. The number of ketones is 2. The number of carboxylic acids is 1. The molecule has 4 rings (SSSR count). The highest BCUT2D eigenvalue weighted by Gasteiger charge is 2.65. The van der Waals surface area contributed by atoms with Crippen molar-refractivity contribution in [3.63, 3.8) is 0 Å². The zero-order chi connectivity index (χ0) is 20.6. The van der Waals surface area contributed by atoms with Gasteiger partial charge in [0.25, 0.3) is 0 Å². The van der Waals surface area contributed by atoms with Crippen LogP contribution in [-0.2, 0) is 14.4 Å². The number of aliphatic hydroxyl groups is 1. The number of rotatable bonds is 2. The first-order chi connectivity index (χ1) is 13.0. The van der Waals surface area contributed by atoms with Crippen LogP contribution in [0.2, 0.25) is 0 Å². The van der Waals surface area contributed by atoms with Gasteiger partial charge in [0.1, 0.15) is 0 Å². The summed E-state index contributed by atoms with van der Waals surface area (Å²) in [7, 11) is 0. The van der Waals surface area contributed by atoms with E-state index in [2.05, 4.69) is 13.8 Å². The summed E-state index contributed by atoms with van der Waals surface area (Å²) in [6.45, 7) is 8.27. The molecular weight excluding hydrogens is 356 g/mol. The highest BCUT2D eigenvalue weighted by atomic mass is 16.4. The summed E-state index contributed by atoms with van der Waals surface area (Å²) < 4.78 is 0. The minimum Gasteiger partial charge on any atom is -0.475 e. The predicted molar refractivity (Wildman–Crippen MR) is 103 cm³/mol. The molecule has 3 saturated carbocycles. The second-order valence-electron chi connectivity index (χ2n) is 10.2. The van der Waals surface area contributed by atoms with Gasteiger partial charge in [0.15, 0.2) is 5.78 Å². The molecule has 2 N–H and O–H groups in total. The fraction of sp³-hybridized carbons (Fsp3) is 0.696. The molecule has 0 heterocycles. The zero-order valence-electron chi connectivity index (χ0n) is 17.0. The van der Waals surface area contributed by atoms with Gasteiger partial charge in [-0.1, -0.05) is 39.3 Å². The molecule has 4 aliphatic rings. The Labute approximate surface area is 165 Å². The number of carbonyl (C=O) groups excluding carboxylic acids is 2. The molecule has 9 atom stereocenters. The van der Waals surface area contributed by atoms with Crippen molar-refractivity contribution in [3.8, 4) is 0 Å². The molecule has 5 nitrogen and oxygen atoms in total. The summed E-state index contributed by atoms with van der Waals surface area (Å²) in [6.07, 6.45) is 6.83. The number of allylic oxidation sites excluding steroid dienone is 4. The normalized spacial score (nSPS) is 49.7. The highest BCUT2D eigenvalue weighted by molar-refractivity contribution is 6.33. The van der Waals surface area contributed by atoms with Crippen LogP contribution in [0.3, 0.4) is 0 Å². The smallest absolute Gasteiger partial charge is 0.372 e. The van der Waals surface area contributed by atoms with E-state index in [1.165, 1.54) is 0 Å². The molecule has 0 saturated heterocycles. The molecule has 4 aliphatic carbocycles. The molecule has 5 heteroatoms. The lowest BCUT2D eigenvalue weighted by Gasteiger charge is -2.60. The Balaban J connectivity index is 1.77. The molecule has 0 aliphatic heterocycles. The van der Waals surface area contributed by atoms with Crippen LogP contribution in [0.5, 0.6) is 0 Å². The van der Waals surface area contributed by atoms with E-state index in [0.717, 1.165) is 18.4 Å².